The van der Waals surface area contributed by atoms with Crippen molar-refractivity contribution < 1.29 is 19.4 Å². The van der Waals surface area contributed by atoms with E-state index in [1.165, 1.54) is 11.8 Å². The molecule has 1 aromatic rings. The Morgan fingerprint density at radius 3 is 2.65 bits per heavy atom. The molecule has 1 aliphatic heterocycles. The third-order valence-electron chi connectivity index (χ3n) is 3.93. The standard InChI is InChI=1S/C17H23NO4S/c1-11-9-14-13(10-12(11)15(19)20)18(7-5-6-8-22-4)16(21)17(2,3)23-14/h9-10H,5-8H2,1-4H3,(H,19,20). The van der Waals surface area contributed by atoms with Crippen LogP contribution in [0.3, 0.4) is 0 Å². The van der Waals surface area contributed by atoms with Crippen LogP contribution in [0.25, 0.3) is 0 Å². The Balaban J connectivity index is 2.39. The second-order valence-electron chi connectivity index (χ2n) is 6.21. The van der Waals surface area contributed by atoms with Gasteiger partial charge in [-0.15, -0.1) is 11.8 Å². The molecule has 0 radical (unpaired) electrons. The summed E-state index contributed by atoms with van der Waals surface area (Å²) in [6, 6.07) is 3.50. The number of unbranched alkanes of at least 4 members (excludes halogenated alkanes) is 1. The Morgan fingerprint density at radius 2 is 2.04 bits per heavy atom. The number of thioether (sulfide) groups is 1. The number of carbonyl (C=O) groups excluding carboxylic acids is 1. The zero-order valence-electron chi connectivity index (χ0n) is 14.0. The van der Waals surface area contributed by atoms with Crippen molar-refractivity contribution >= 4 is 29.3 Å². The molecule has 1 aliphatic rings. The minimum atomic E-state index is -0.966. The lowest BCUT2D eigenvalue weighted by atomic mass is 10.0. The quantitative estimate of drug-likeness (QED) is 0.807. The van der Waals surface area contributed by atoms with Gasteiger partial charge in [-0.2, -0.15) is 0 Å². The lowest BCUT2D eigenvalue weighted by Gasteiger charge is -2.38. The zero-order valence-corrected chi connectivity index (χ0v) is 14.8. The lowest BCUT2D eigenvalue weighted by molar-refractivity contribution is -0.120. The molecular formula is C17H23NO4S. The number of benzene rings is 1. The van der Waals surface area contributed by atoms with Crippen molar-refractivity contribution in [2.75, 3.05) is 25.2 Å². The maximum absolute atomic E-state index is 12.8. The number of ether oxygens (including phenoxy) is 1. The second-order valence-corrected chi connectivity index (χ2v) is 7.87. The van der Waals surface area contributed by atoms with Crippen molar-refractivity contribution in [1.29, 1.82) is 0 Å². The van der Waals surface area contributed by atoms with Crippen molar-refractivity contribution in [3.05, 3.63) is 23.3 Å². The first-order valence-corrected chi connectivity index (χ1v) is 8.47. The fourth-order valence-corrected chi connectivity index (χ4v) is 3.94. The Labute approximate surface area is 141 Å². The summed E-state index contributed by atoms with van der Waals surface area (Å²) in [6.07, 6.45) is 1.68. The Bertz CT molecular complexity index is 627. The van der Waals surface area contributed by atoms with E-state index in [2.05, 4.69) is 0 Å². The van der Waals surface area contributed by atoms with Crippen LogP contribution in [0.15, 0.2) is 17.0 Å². The smallest absolute Gasteiger partial charge is 0.336 e. The van der Waals surface area contributed by atoms with Gasteiger partial charge in [0.2, 0.25) is 5.91 Å². The molecule has 0 unspecified atom stereocenters. The average Bonchev–Trinajstić information content (AvgIpc) is 2.46. The summed E-state index contributed by atoms with van der Waals surface area (Å²) in [5, 5.41) is 9.34. The minimum Gasteiger partial charge on any atom is -0.478 e. The first-order chi connectivity index (χ1) is 10.8. The Hall–Kier alpha value is -1.53. The van der Waals surface area contributed by atoms with E-state index in [9.17, 15) is 14.7 Å². The van der Waals surface area contributed by atoms with Gasteiger partial charge in [-0.1, -0.05) is 0 Å². The molecular weight excluding hydrogens is 314 g/mol. The number of methoxy groups -OCH3 is 1. The van der Waals surface area contributed by atoms with E-state index in [1.807, 2.05) is 19.9 Å². The molecule has 1 aromatic carbocycles. The van der Waals surface area contributed by atoms with Crippen LogP contribution in [0.4, 0.5) is 5.69 Å². The maximum atomic E-state index is 12.8. The summed E-state index contributed by atoms with van der Waals surface area (Å²) in [6.45, 7) is 6.83. The van der Waals surface area contributed by atoms with Crippen LogP contribution in [0.2, 0.25) is 0 Å². The van der Waals surface area contributed by atoms with Crippen LogP contribution < -0.4 is 4.90 Å². The average molecular weight is 337 g/mol. The van der Waals surface area contributed by atoms with Crippen LogP contribution in [-0.4, -0.2) is 42.0 Å². The molecule has 0 saturated heterocycles. The van der Waals surface area contributed by atoms with Crippen LogP contribution in [0.5, 0.6) is 0 Å². The van der Waals surface area contributed by atoms with Gasteiger partial charge < -0.3 is 14.7 Å². The fourth-order valence-electron chi connectivity index (χ4n) is 2.68. The lowest BCUT2D eigenvalue weighted by Crippen LogP contribution is -2.47. The number of amides is 1. The second kappa shape index (κ2) is 6.93. The highest BCUT2D eigenvalue weighted by Crippen LogP contribution is 2.46. The first-order valence-electron chi connectivity index (χ1n) is 7.66. The molecule has 23 heavy (non-hydrogen) atoms. The van der Waals surface area contributed by atoms with Crippen LogP contribution >= 0.6 is 11.8 Å². The Kier molecular flexibility index (Phi) is 5.37. The molecule has 0 fully saturated rings. The predicted octanol–water partition coefficient (Wildman–Crippen LogP) is 3.34. The van der Waals surface area contributed by atoms with E-state index in [4.69, 9.17) is 4.74 Å². The van der Waals surface area contributed by atoms with Gasteiger partial charge in [0.1, 0.15) is 0 Å². The molecule has 0 atom stereocenters. The topological polar surface area (TPSA) is 66.8 Å². The van der Waals surface area contributed by atoms with Gasteiger partial charge in [0.25, 0.3) is 0 Å². The first kappa shape index (κ1) is 17.8. The molecule has 5 nitrogen and oxygen atoms in total. The summed E-state index contributed by atoms with van der Waals surface area (Å²) >= 11 is 1.50. The summed E-state index contributed by atoms with van der Waals surface area (Å²) < 4.78 is 4.50. The third kappa shape index (κ3) is 3.70. The van der Waals surface area contributed by atoms with E-state index in [1.54, 1.807) is 25.0 Å². The van der Waals surface area contributed by atoms with Crippen molar-refractivity contribution in [1.82, 2.24) is 0 Å². The van der Waals surface area contributed by atoms with Crippen LogP contribution in [-0.2, 0) is 9.53 Å². The number of carboxylic acid groups (broad SMARTS) is 1. The predicted molar refractivity (Wildman–Crippen MR) is 91.5 cm³/mol. The highest BCUT2D eigenvalue weighted by molar-refractivity contribution is 8.01. The van der Waals surface area contributed by atoms with E-state index >= 15 is 0 Å². The van der Waals surface area contributed by atoms with Gasteiger partial charge in [0, 0.05) is 25.2 Å². The molecule has 0 aromatic heterocycles. The molecule has 0 bridgehead atoms. The maximum Gasteiger partial charge on any atom is 0.336 e. The van der Waals surface area contributed by atoms with Gasteiger partial charge in [0.05, 0.1) is 16.0 Å². The number of hydrogen-bond donors (Lipinski definition) is 1. The normalized spacial score (nSPS) is 16.3. The number of fused-ring (bicyclic) bond motifs is 1. The van der Waals surface area contributed by atoms with Crippen molar-refractivity contribution in [2.45, 2.75) is 43.3 Å². The number of carbonyl (C=O) groups is 2. The molecule has 0 aliphatic carbocycles. The van der Waals surface area contributed by atoms with Gasteiger partial charge in [-0.25, -0.2) is 4.79 Å². The number of aryl methyl sites for hydroxylation is 1. The molecule has 0 saturated carbocycles. The van der Waals surface area contributed by atoms with E-state index in [-0.39, 0.29) is 11.5 Å². The summed E-state index contributed by atoms with van der Waals surface area (Å²) in [7, 11) is 1.66. The minimum absolute atomic E-state index is 0.0209. The van der Waals surface area contributed by atoms with Gasteiger partial charge >= 0.3 is 5.97 Å². The fraction of sp³-hybridized carbons (Fsp3) is 0.529. The van der Waals surface area contributed by atoms with E-state index in [0.717, 1.165) is 17.7 Å². The molecule has 1 N–H and O–H groups in total. The molecule has 2 rings (SSSR count). The van der Waals surface area contributed by atoms with Gasteiger partial charge in [-0.3, -0.25) is 4.79 Å². The summed E-state index contributed by atoms with van der Waals surface area (Å²) in [5.74, 6) is -0.945. The summed E-state index contributed by atoms with van der Waals surface area (Å²) in [4.78, 5) is 26.9. The van der Waals surface area contributed by atoms with Gasteiger partial charge in [0.15, 0.2) is 0 Å². The van der Waals surface area contributed by atoms with Crippen LogP contribution in [0, 0.1) is 6.92 Å². The van der Waals surface area contributed by atoms with Gasteiger partial charge in [-0.05, 0) is 51.3 Å². The third-order valence-corrected chi connectivity index (χ3v) is 5.16. The van der Waals surface area contributed by atoms with Crippen molar-refractivity contribution in [2.24, 2.45) is 0 Å². The van der Waals surface area contributed by atoms with Crippen molar-refractivity contribution in [3.63, 3.8) is 0 Å². The highest BCUT2D eigenvalue weighted by atomic mass is 32.2. The number of nitrogens with zero attached hydrogens (tertiary/aromatic N) is 1. The number of anilines is 1. The molecule has 1 amide bonds. The van der Waals surface area contributed by atoms with Crippen LogP contribution in [0.1, 0.15) is 42.6 Å². The molecule has 126 valence electrons. The number of aromatic carboxylic acids is 1. The highest BCUT2D eigenvalue weighted by Gasteiger charge is 2.40. The van der Waals surface area contributed by atoms with E-state index in [0.29, 0.717) is 24.4 Å². The number of rotatable bonds is 6. The molecule has 1 heterocycles. The summed E-state index contributed by atoms with van der Waals surface area (Å²) in [5.41, 5.74) is 1.67. The van der Waals surface area contributed by atoms with E-state index < -0.39 is 10.7 Å². The molecule has 0 spiro atoms. The molecule has 6 heteroatoms. The zero-order chi connectivity index (χ0) is 17.2. The van der Waals surface area contributed by atoms with Crippen molar-refractivity contribution in [3.8, 4) is 0 Å². The Morgan fingerprint density at radius 1 is 1.35 bits per heavy atom. The number of hydrogen-bond acceptors (Lipinski definition) is 4. The number of carboxylic acids is 1. The SMILES string of the molecule is COCCCCN1C(=O)C(C)(C)Sc2cc(C)c(C(=O)O)cc21. The largest absolute Gasteiger partial charge is 0.478 e. The monoisotopic (exact) mass is 337 g/mol.